The summed E-state index contributed by atoms with van der Waals surface area (Å²) in [5, 5.41) is 11.4. The number of carbonyl (C=O) groups excluding carboxylic acids is 1. The molecule has 21 heavy (non-hydrogen) atoms. The number of nitrogens with zero attached hydrogens (tertiary/aromatic N) is 1. The zero-order valence-electron chi connectivity index (χ0n) is 10.6. The molecule has 0 saturated heterocycles. The van der Waals surface area contributed by atoms with E-state index < -0.39 is 17.7 Å². The fourth-order valence-corrected chi connectivity index (χ4v) is 1.92. The molecule has 1 amide bonds. The quantitative estimate of drug-likeness (QED) is 0.910. The van der Waals surface area contributed by atoms with E-state index in [9.17, 15) is 14.0 Å². The summed E-state index contributed by atoms with van der Waals surface area (Å²) in [5.74, 6) is -2.25. The zero-order chi connectivity index (χ0) is 15.4. The van der Waals surface area contributed by atoms with E-state index in [-0.39, 0.29) is 28.3 Å². The van der Waals surface area contributed by atoms with Gasteiger partial charge in [0.1, 0.15) is 5.82 Å². The monoisotopic (exact) mass is 308 g/mol. The minimum absolute atomic E-state index is 0.0586. The van der Waals surface area contributed by atoms with Gasteiger partial charge in [-0.05, 0) is 18.2 Å². The lowest BCUT2D eigenvalue weighted by molar-refractivity contribution is -0.115. The second-order valence-corrected chi connectivity index (χ2v) is 4.60. The van der Waals surface area contributed by atoms with Crippen LogP contribution in [0.1, 0.15) is 15.9 Å². The van der Waals surface area contributed by atoms with Crippen LogP contribution in [0.4, 0.5) is 10.1 Å². The molecule has 0 aliphatic heterocycles. The Morgan fingerprint density at radius 3 is 2.76 bits per heavy atom. The minimum Gasteiger partial charge on any atom is -0.478 e. The van der Waals surface area contributed by atoms with Crippen LogP contribution in [-0.2, 0) is 11.2 Å². The predicted molar refractivity (Wildman–Crippen MR) is 74.9 cm³/mol. The summed E-state index contributed by atoms with van der Waals surface area (Å²) in [6, 6.07) is 5.40. The number of rotatable bonds is 4. The van der Waals surface area contributed by atoms with Crippen molar-refractivity contribution >= 4 is 29.2 Å². The Morgan fingerprint density at radius 1 is 1.33 bits per heavy atom. The van der Waals surface area contributed by atoms with E-state index in [4.69, 9.17) is 16.7 Å². The Kier molecular flexibility index (Phi) is 4.49. The van der Waals surface area contributed by atoms with Gasteiger partial charge in [0.05, 0.1) is 23.9 Å². The van der Waals surface area contributed by atoms with Crippen LogP contribution < -0.4 is 5.32 Å². The highest BCUT2D eigenvalue weighted by molar-refractivity contribution is 6.31. The van der Waals surface area contributed by atoms with Gasteiger partial charge in [0, 0.05) is 16.8 Å². The maximum atomic E-state index is 13.6. The standard InChI is InChI=1S/C14H10ClFN2O3/c15-11-2-1-3-12(16)10(11)5-13(19)18-9-4-8(14(20)21)6-17-7-9/h1-4,6-7H,5H2,(H,18,19)(H,20,21). The molecule has 2 N–H and O–H groups in total. The number of hydrogen-bond donors (Lipinski definition) is 2. The van der Waals surface area contributed by atoms with Gasteiger partial charge in [-0.25, -0.2) is 9.18 Å². The van der Waals surface area contributed by atoms with Crippen molar-refractivity contribution in [2.45, 2.75) is 6.42 Å². The lowest BCUT2D eigenvalue weighted by Crippen LogP contribution is -2.16. The SMILES string of the molecule is O=C(Cc1c(F)cccc1Cl)Nc1cncc(C(=O)O)c1. The van der Waals surface area contributed by atoms with Gasteiger partial charge in [-0.3, -0.25) is 9.78 Å². The van der Waals surface area contributed by atoms with E-state index in [0.717, 1.165) is 6.20 Å². The number of benzene rings is 1. The van der Waals surface area contributed by atoms with E-state index >= 15 is 0 Å². The number of pyridine rings is 1. The molecule has 0 radical (unpaired) electrons. The van der Waals surface area contributed by atoms with Crippen molar-refractivity contribution in [3.63, 3.8) is 0 Å². The maximum Gasteiger partial charge on any atom is 0.337 e. The molecule has 0 aliphatic carbocycles. The lowest BCUT2D eigenvalue weighted by atomic mass is 10.1. The molecule has 0 saturated carbocycles. The highest BCUT2D eigenvalue weighted by atomic mass is 35.5. The van der Waals surface area contributed by atoms with Gasteiger partial charge < -0.3 is 10.4 Å². The van der Waals surface area contributed by atoms with Crippen molar-refractivity contribution in [3.05, 3.63) is 58.6 Å². The molecule has 108 valence electrons. The largest absolute Gasteiger partial charge is 0.478 e. The first-order chi connectivity index (χ1) is 9.97. The van der Waals surface area contributed by atoms with Gasteiger partial charge in [-0.15, -0.1) is 0 Å². The van der Waals surface area contributed by atoms with E-state index in [0.29, 0.717) is 0 Å². The fourth-order valence-electron chi connectivity index (χ4n) is 1.69. The van der Waals surface area contributed by atoms with Crippen LogP contribution in [-0.4, -0.2) is 22.0 Å². The van der Waals surface area contributed by atoms with E-state index in [1.807, 2.05) is 0 Å². The van der Waals surface area contributed by atoms with Crippen molar-refractivity contribution in [2.24, 2.45) is 0 Å². The van der Waals surface area contributed by atoms with Gasteiger partial charge in [0.15, 0.2) is 0 Å². The highest BCUT2D eigenvalue weighted by Crippen LogP contribution is 2.20. The van der Waals surface area contributed by atoms with Gasteiger partial charge in [-0.1, -0.05) is 17.7 Å². The van der Waals surface area contributed by atoms with Crippen molar-refractivity contribution in [2.75, 3.05) is 5.32 Å². The van der Waals surface area contributed by atoms with E-state index in [1.165, 1.54) is 30.5 Å². The summed E-state index contributed by atoms with van der Waals surface area (Å²) in [6.07, 6.45) is 2.20. The summed E-state index contributed by atoms with van der Waals surface area (Å²) in [4.78, 5) is 26.4. The Balaban J connectivity index is 2.12. The average molecular weight is 309 g/mol. The number of carboxylic acid groups (broad SMARTS) is 1. The molecule has 0 bridgehead atoms. The highest BCUT2D eigenvalue weighted by Gasteiger charge is 2.13. The normalized spacial score (nSPS) is 10.2. The van der Waals surface area contributed by atoms with Gasteiger partial charge in [-0.2, -0.15) is 0 Å². The van der Waals surface area contributed by atoms with Crippen LogP contribution in [0.5, 0.6) is 0 Å². The fraction of sp³-hybridized carbons (Fsp3) is 0.0714. The number of anilines is 1. The van der Waals surface area contributed by atoms with E-state index in [2.05, 4.69) is 10.3 Å². The maximum absolute atomic E-state index is 13.6. The average Bonchev–Trinajstić information content (AvgIpc) is 2.43. The Bertz CT molecular complexity index is 686. The molecule has 0 aliphatic rings. The van der Waals surface area contributed by atoms with E-state index in [1.54, 1.807) is 0 Å². The topological polar surface area (TPSA) is 79.3 Å². The summed E-state index contributed by atoms with van der Waals surface area (Å²) in [5.41, 5.74) is 0.239. The number of hydrogen-bond acceptors (Lipinski definition) is 3. The first kappa shape index (κ1) is 14.9. The Labute approximate surface area is 124 Å². The third-order valence-corrected chi connectivity index (χ3v) is 3.02. The molecule has 5 nitrogen and oxygen atoms in total. The second kappa shape index (κ2) is 6.32. The number of carboxylic acids is 1. The molecule has 1 aromatic carbocycles. The summed E-state index contributed by atoms with van der Waals surface area (Å²) < 4.78 is 13.6. The van der Waals surface area contributed by atoms with Gasteiger partial charge in [0.25, 0.3) is 0 Å². The molecule has 0 spiro atoms. The molecular formula is C14H10ClFN2O3. The van der Waals surface area contributed by atoms with Crippen molar-refractivity contribution in [1.82, 2.24) is 4.98 Å². The molecule has 7 heteroatoms. The number of nitrogens with one attached hydrogen (secondary N) is 1. The Hall–Kier alpha value is -2.47. The summed E-state index contributed by atoms with van der Waals surface area (Å²) in [6.45, 7) is 0. The summed E-state index contributed by atoms with van der Waals surface area (Å²) in [7, 11) is 0. The molecule has 1 heterocycles. The zero-order valence-corrected chi connectivity index (χ0v) is 11.4. The van der Waals surface area contributed by atoms with Crippen molar-refractivity contribution in [1.29, 1.82) is 0 Å². The molecule has 1 aromatic heterocycles. The number of amides is 1. The molecule has 2 rings (SSSR count). The van der Waals surface area contributed by atoms with Crippen LogP contribution >= 0.6 is 11.6 Å². The Morgan fingerprint density at radius 2 is 2.10 bits per heavy atom. The predicted octanol–water partition coefficient (Wildman–Crippen LogP) is 2.75. The van der Waals surface area contributed by atoms with Crippen molar-refractivity contribution < 1.29 is 19.1 Å². The van der Waals surface area contributed by atoms with Crippen LogP contribution in [0.25, 0.3) is 0 Å². The number of halogens is 2. The number of aromatic nitrogens is 1. The first-order valence-corrected chi connectivity index (χ1v) is 6.26. The summed E-state index contributed by atoms with van der Waals surface area (Å²) >= 11 is 5.83. The van der Waals surface area contributed by atoms with Gasteiger partial charge in [0.2, 0.25) is 5.91 Å². The molecule has 0 unspecified atom stereocenters. The third-order valence-electron chi connectivity index (χ3n) is 2.67. The molecule has 2 aromatic rings. The molecule has 0 fully saturated rings. The van der Waals surface area contributed by atoms with Crippen molar-refractivity contribution in [3.8, 4) is 0 Å². The van der Waals surface area contributed by atoms with Crippen LogP contribution in [0, 0.1) is 5.82 Å². The molecular weight excluding hydrogens is 299 g/mol. The smallest absolute Gasteiger partial charge is 0.337 e. The van der Waals surface area contributed by atoms with Crippen LogP contribution in [0.3, 0.4) is 0 Å². The number of aromatic carboxylic acids is 1. The minimum atomic E-state index is -1.16. The lowest BCUT2D eigenvalue weighted by Gasteiger charge is -2.07. The third kappa shape index (κ3) is 3.76. The van der Waals surface area contributed by atoms with Crippen LogP contribution in [0.15, 0.2) is 36.7 Å². The number of carbonyl (C=O) groups is 2. The van der Waals surface area contributed by atoms with Crippen LogP contribution in [0.2, 0.25) is 5.02 Å². The van der Waals surface area contributed by atoms with Gasteiger partial charge >= 0.3 is 5.97 Å². The first-order valence-electron chi connectivity index (χ1n) is 5.88. The second-order valence-electron chi connectivity index (χ2n) is 4.19. The molecule has 0 atom stereocenters.